The molecule has 134 valence electrons. The van der Waals surface area contributed by atoms with Crippen LogP contribution in [0.4, 0.5) is 11.4 Å². The first-order valence-corrected chi connectivity index (χ1v) is 10.2. The molecule has 0 unspecified atom stereocenters. The van der Waals surface area contributed by atoms with E-state index in [1.54, 1.807) is 30.0 Å². The molecule has 0 heterocycles. The molecule has 0 spiro atoms. The highest BCUT2D eigenvalue weighted by molar-refractivity contribution is 7.99. The molecule has 2 aromatic rings. The number of nitrogens with one attached hydrogen (secondary N) is 2. The maximum absolute atomic E-state index is 12.0. The Bertz CT molecular complexity index is 867. The number of nitrogens with two attached hydrogens (primary N) is 1. The van der Waals surface area contributed by atoms with Crippen LogP contribution in [0, 0.1) is 13.8 Å². The van der Waals surface area contributed by atoms with Crippen LogP contribution in [-0.4, -0.2) is 20.1 Å². The van der Waals surface area contributed by atoms with Gasteiger partial charge >= 0.3 is 0 Å². The van der Waals surface area contributed by atoms with Crippen molar-refractivity contribution < 1.29 is 13.2 Å². The number of amides is 1. The molecular formula is C17H21N3O3S2. The van der Waals surface area contributed by atoms with Crippen LogP contribution in [-0.2, 0) is 15.0 Å². The van der Waals surface area contributed by atoms with Crippen molar-refractivity contribution >= 4 is 39.3 Å². The third-order valence-electron chi connectivity index (χ3n) is 3.48. The summed E-state index contributed by atoms with van der Waals surface area (Å²) in [5.41, 5.74) is 3.28. The fourth-order valence-corrected chi connectivity index (χ4v) is 3.52. The van der Waals surface area contributed by atoms with Crippen LogP contribution in [0.1, 0.15) is 17.5 Å². The zero-order valence-electron chi connectivity index (χ0n) is 14.1. The van der Waals surface area contributed by atoms with E-state index in [-0.39, 0.29) is 5.91 Å². The number of thioether (sulfide) groups is 1. The molecule has 0 aliphatic rings. The molecule has 6 nitrogen and oxygen atoms in total. The van der Waals surface area contributed by atoms with E-state index in [1.165, 1.54) is 17.2 Å². The summed E-state index contributed by atoms with van der Waals surface area (Å²) in [6, 6.07) is 12.6. The monoisotopic (exact) mass is 379 g/mol. The predicted octanol–water partition coefficient (Wildman–Crippen LogP) is 3.04. The summed E-state index contributed by atoms with van der Waals surface area (Å²) in [7, 11) is -3.84. The van der Waals surface area contributed by atoms with Crippen molar-refractivity contribution in [3.05, 3.63) is 53.6 Å². The third kappa shape index (κ3) is 6.77. The quantitative estimate of drug-likeness (QED) is 0.644. The fraction of sp³-hybridized carbons (Fsp3) is 0.235. The Morgan fingerprint density at radius 2 is 1.80 bits per heavy atom. The maximum Gasteiger partial charge on any atom is 0.296 e. The van der Waals surface area contributed by atoms with Crippen LogP contribution in [0.3, 0.4) is 0 Å². The molecule has 0 aromatic heterocycles. The first-order valence-electron chi connectivity index (χ1n) is 7.63. The van der Waals surface area contributed by atoms with E-state index in [4.69, 9.17) is 5.14 Å². The molecule has 4 N–H and O–H groups in total. The first kappa shape index (κ1) is 19.3. The van der Waals surface area contributed by atoms with Gasteiger partial charge in [0.15, 0.2) is 0 Å². The molecule has 0 saturated carbocycles. The Hall–Kier alpha value is -2.03. The number of hydrogen-bond donors (Lipinski definition) is 3. The molecule has 0 aliphatic heterocycles. The lowest BCUT2D eigenvalue weighted by Crippen LogP contribution is -2.21. The van der Waals surface area contributed by atoms with Gasteiger partial charge in [-0.25, -0.2) is 5.14 Å². The molecule has 0 bridgehead atoms. The maximum atomic E-state index is 12.0. The first-order chi connectivity index (χ1) is 11.7. The van der Waals surface area contributed by atoms with Gasteiger partial charge in [-0.2, -0.15) is 8.42 Å². The zero-order valence-corrected chi connectivity index (χ0v) is 15.7. The number of rotatable bonds is 7. The van der Waals surface area contributed by atoms with Crippen LogP contribution >= 0.6 is 11.8 Å². The number of carbonyl (C=O) groups excluding carboxylic acids is 1. The van der Waals surface area contributed by atoms with Gasteiger partial charge in [-0.15, -0.1) is 11.8 Å². The SMILES string of the molecule is Cc1ccc(SCCC(=O)Nc2cccc(NS(N)(=O)=O)c2)cc1C. The molecule has 2 aromatic carbocycles. The standard InChI is InChI=1S/C17H21N3O3S2/c1-12-6-7-16(10-13(12)2)24-9-8-17(21)19-14-4-3-5-15(11-14)20-25(18,22)23/h3-7,10-11,20H,8-9H2,1-2H3,(H,19,21)(H2,18,22,23). The van der Waals surface area contributed by atoms with Gasteiger partial charge in [0.1, 0.15) is 0 Å². The highest BCUT2D eigenvalue weighted by Gasteiger charge is 2.06. The van der Waals surface area contributed by atoms with Crippen LogP contribution < -0.4 is 15.2 Å². The second-order valence-electron chi connectivity index (χ2n) is 5.62. The molecule has 0 aliphatic carbocycles. The number of aryl methyl sites for hydroxylation is 2. The molecule has 25 heavy (non-hydrogen) atoms. The van der Waals surface area contributed by atoms with Gasteiger partial charge in [0.2, 0.25) is 5.91 Å². The number of anilines is 2. The third-order valence-corrected chi connectivity index (χ3v) is 5.00. The zero-order chi connectivity index (χ0) is 18.4. The lowest BCUT2D eigenvalue weighted by molar-refractivity contribution is -0.115. The van der Waals surface area contributed by atoms with E-state index in [0.717, 1.165) is 4.90 Å². The Morgan fingerprint density at radius 1 is 1.08 bits per heavy atom. The van der Waals surface area contributed by atoms with Gasteiger partial charge in [0, 0.05) is 22.8 Å². The number of hydrogen-bond acceptors (Lipinski definition) is 4. The van der Waals surface area contributed by atoms with E-state index in [0.29, 0.717) is 23.5 Å². The van der Waals surface area contributed by atoms with Gasteiger partial charge in [-0.05, 0) is 55.3 Å². The van der Waals surface area contributed by atoms with Gasteiger partial charge in [0.05, 0.1) is 5.69 Å². The minimum Gasteiger partial charge on any atom is -0.326 e. The summed E-state index contributed by atoms with van der Waals surface area (Å²) >= 11 is 1.62. The second-order valence-corrected chi connectivity index (χ2v) is 8.08. The average Bonchev–Trinajstić information content (AvgIpc) is 2.49. The Kier molecular flexibility index (Phi) is 6.46. The average molecular weight is 380 g/mol. The van der Waals surface area contributed by atoms with E-state index < -0.39 is 10.2 Å². The smallest absolute Gasteiger partial charge is 0.296 e. The van der Waals surface area contributed by atoms with Crippen molar-refractivity contribution in [2.24, 2.45) is 5.14 Å². The van der Waals surface area contributed by atoms with E-state index in [1.807, 2.05) is 6.07 Å². The van der Waals surface area contributed by atoms with Gasteiger partial charge in [0.25, 0.3) is 10.2 Å². The molecule has 0 fully saturated rings. The second kappa shape index (κ2) is 8.37. The molecule has 0 radical (unpaired) electrons. The van der Waals surface area contributed by atoms with E-state index in [2.05, 4.69) is 36.0 Å². The van der Waals surface area contributed by atoms with Crippen molar-refractivity contribution in [3.8, 4) is 0 Å². The highest BCUT2D eigenvalue weighted by Crippen LogP contribution is 2.22. The summed E-state index contributed by atoms with van der Waals surface area (Å²) in [5, 5.41) is 7.68. The van der Waals surface area contributed by atoms with Gasteiger partial charge in [-0.1, -0.05) is 12.1 Å². The molecule has 8 heteroatoms. The number of benzene rings is 2. The Morgan fingerprint density at radius 3 is 2.48 bits per heavy atom. The largest absolute Gasteiger partial charge is 0.326 e. The summed E-state index contributed by atoms with van der Waals surface area (Å²) in [5.74, 6) is 0.521. The van der Waals surface area contributed by atoms with E-state index >= 15 is 0 Å². The Labute approximate surface area is 152 Å². The summed E-state index contributed by atoms with van der Waals surface area (Å²) < 4.78 is 24.2. The topological polar surface area (TPSA) is 101 Å². The van der Waals surface area contributed by atoms with Gasteiger partial charge in [-0.3, -0.25) is 9.52 Å². The van der Waals surface area contributed by atoms with Crippen molar-refractivity contribution in [1.29, 1.82) is 0 Å². The van der Waals surface area contributed by atoms with Crippen molar-refractivity contribution in [2.75, 3.05) is 15.8 Å². The molecule has 0 saturated heterocycles. The van der Waals surface area contributed by atoms with Crippen molar-refractivity contribution in [3.63, 3.8) is 0 Å². The molecular weight excluding hydrogens is 358 g/mol. The minimum atomic E-state index is -3.84. The minimum absolute atomic E-state index is 0.135. The lowest BCUT2D eigenvalue weighted by Gasteiger charge is -2.08. The molecule has 1 amide bonds. The van der Waals surface area contributed by atoms with Crippen molar-refractivity contribution in [2.45, 2.75) is 25.2 Å². The van der Waals surface area contributed by atoms with Crippen LogP contribution in [0.2, 0.25) is 0 Å². The van der Waals surface area contributed by atoms with Crippen molar-refractivity contribution in [1.82, 2.24) is 0 Å². The number of carbonyl (C=O) groups is 1. The molecule has 2 rings (SSSR count). The highest BCUT2D eigenvalue weighted by atomic mass is 32.2. The summed E-state index contributed by atoms with van der Waals surface area (Å²) in [4.78, 5) is 13.2. The van der Waals surface area contributed by atoms with Crippen LogP contribution in [0.25, 0.3) is 0 Å². The van der Waals surface area contributed by atoms with E-state index in [9.17, 15) is 13.2 Å². The lowest BCUT2D eigenvalue weighted by atomic mass is 10.1. The van der Waals surface area contributed by atoms with Gasteiger partial charge < -0.3 is 5.32 Å². The normalized spacial score (nSPS) is 11.2. The molecule has 0 atom stereocenters. The fourth-order valence-electron chi connectivity index (χ4n) is 2.11. The summed E-state index contributed by atoms with van der Waals surface area (Å²) in [6.45, 7) is 4.13. The summed E-state index contributed by atoms with van der Waals surface area (Å²) in [6.07, 6.45) is 0.352. The van der Waals surface area contributed by atoms with Crippen LogP contribution in [0.15, 0.2) is 47.4 Å². The Balaban J connectivity index is 1.85. The van der Waals surface area contributed by atoms with Crippen LogP contribution in [0.5, 0.6) is 0 Å². The predicted molar refractivity (Wildman–Crippen MR) is 103 cm³/mol.